The predicted molar refractivity (Wildman–Crippen MR) is 106 cm³/mol. The highest BCUT2D eigenvalue weighted by Crippen LogP contribution is 2.22. The molecule has 2 aromatic rings. The summed E-state index contributed by atoms with van der Waals surface area (Å²) in [5.41, 5.74) is 1.61. The fraction of sp³-hybridized carbons (Fsp3) is 0.368. The summed E-state index contributed by atoms with van der Waals surface area (Å²) in [7, 11) is -1.68. The molecule has 1 aliphatic heterocycles. The number of halogens is 2. The molecule has 0 aromatic heterocycles. The number of hydrogen-bond donors (Lipinski definition) is 1. The van der Waals surface area contributed by atoms with Crippen LogP contribution in [0.25, 0.3) is 0 Å². The topological polar surface area (TPSA) is 52.6 Å². The third-order valence-electron chi connectivity index (χ3n) is 4.72. The van der Waals surface area contributed by atoms with Crippen LogP contribution in [-0.4, -0.2) is 58.0 Å². The van der Waals surface area contributed by atoms with Gasteiger partial charge in [-0.1, -0.05) is 23.7 Å². The molecule has 0 aliphatic carbocycles. The monoisotopic (exact) mass is 411 g/mol. The van der Waals surface area contributed by atoms with E-state index in [0.29, 0.717) is 5.69 Å². The maximum absolute atomic E-state index is 13.2. The van der Waals surface area contributed by atoms with Crippen molar-refractivity contribution in [3.8, 4) is 0 Å². The first-order valence-corrected chi connectivity index (χ1v) is 10.7. The van der Waals surface area contributed by atoms with Gasteiger partial charge in [-0.25, -0.2) is 12.8 Å². The van der Waals surface area contributed by atoms with Gasteiger partial charge in [-0.3, -0.25) is 4.72 Å². The molecule has 0 saturated carbocycles. The molecule has 2 aromatic carbocycles. The first-order valence-electron chi connectivity index (χ1n) is 8.81. The van der Waals surface area contributed by atoms with Gasteiger partial charge in [-0.05, 0) is 49.4 Å². The number of anilines is 1. The minimum Gasteiger partial charge on any atom is -0.304 e. The fourth-order valence-corrected chi connectivity index (χ4v) is 4.29. The minimum atomic E-state index is -3.81. The van der Waals surface area contributed by atoms with Crippen molar-refractivity contribution in [2.45, 2.75) is 11.3 Å². The van der Waals surface area contributed by atoms with Crippen LogP contribution in [0.5, 0.6) is 0 Å². The number of rotatable bonds is 6. The molecule has 1 N–H and O–H groups in total. The van der Waals surface area contributed by atoms with Crippen LogP contribution in [0.2, 0.25) is 5.02 Å². The van der Waals surface area contributed by atoms with Gasteiger partial charge in [0.1, 0.15) is 5.82 Å². The predicted octanol–water partition coefficient (Wildman–Crippen LogP) is 3.07. The van der Waals surface area contributed by atoms with E-state index >= 15 is 0 Å². The molecule has 0 atom stereocenters. The van der Waals surface area contributed by atoms with Gasteiger partial charge in [-0.2, -0.15) is 0 Å². The van der Waals surface area contributed by atoms with E-state index in [1.54, 1.807) is 12.1 Å². The van der Waals surface area contributed by atoms with Crippen molar-refractivity contribution in [3.05, 3.63) is 58.9 Å². The molecule has 0 amide bonds. The summed E-state index contributed by atoms with van der Waals surface area (Å²) >= 11 is 5.68. The van der Waals surface area contributed by atoms with Crippen molar-refractivity contribution in [2.75, 3.05) is 44.5 Å². The van der Waals surface area contributed by atoms with Gasteiger partial charge < -0.3 is 9.80 Å². The van der Waals surface area contributed by atoms with Crippen LogP contribution in [0.15, 0.2) is 47.4 Å². The van der Waals surface area contributed by atoms with Crippen molar-refractivity contribution in [1.29, 1.82) is 0 Å². The molecule has 0 radical (unpaired) electrons. The van der Waals surface area contributed by atoms with Gasteiger partial charge in [0.25, 0.3) is 10.0 Å². The molecule has 27 heavy (non-hydrogen) atoms. The summed E-state index contributed by atoms with van der Waals surface area (Å²) < 4.78 is 40.5. The summed E-state index contributed by atoms with van der Waals surface area (Å²) in [6, 6.07) is 10.6. The Hall–Kier alpha value is -1.67. The molecule has 5 nitrogen and oxygen atoms in total. The highest BCUT2D eigenvalue weighted by Gasteiger charge is 2.16. The average molecular weight is 412 g/mol. The van der Waals surface area contributed by atoms with Crippen LogP contribution in [0.1, 0.15) is 5.56 Å². The number of hydrogen-bond acceptors (Lipinski definition) is 4. The van der Waals surface area contributed by atoms with Crippen molar-refractivity contribution in [3.63, 3.8) is 0 Å². The highest BCUT2D eigenvalue weighted by molar-refractivity contribution is 7.92. The second-order valence-corrected chi connectivity index (χ2v) is 8.86. The van der Waals surface area contributed by atoms with E-state index in [2.05, 4.69) is 21.6 Å². The molecular formula is C19H23ClFN3O2S. The Morgan fingerprint density at radius 2 is 1.74 bits per heavy atom. The summed E-state index contributed by atoms with van der Waals surface area (Å²) in [4.78, 5) is 4.69. The zero-order valence-corrected chi connectivity index (χ0v) is 16.7. The smallest absolute Gasteiger partial charge is 0.261 e. The molecule has 1 fully saturated rings. The van der Waals surface area contributed by atoms with E-state index in [1.807, 2.05) is 12.1 Å². The Labute approximate surface area is 164 Å². The van der Waals surface area contributed by atoms with Gasteiger partial charge in [-0.15, -0.1) is 0 Å². The standard InChI is InChI=1S/C19H23ClFN3O2S/c1-23-10-12-24(13-11-23)9-8-15-2-4-16(5-3-15)22-27(25,26)17-6-7-19(21)18(20)14-17/h2-7,14,22H,8-13H2,1H3. The van der Waals surface area contributed by atoms with Crippen molar-refractivity contribution < 1.29 is 12.8 Å². The Morgan fingerprint density at radius 3 is 2.37 bits per heavy atom. The second kappa shape index (κ2) is 8.56. The molecule has 8 heteroatoms. The third kappa shape index (κ3) is 5.42. The van der Waals surface area contributed by atoms with Gasteiger partial charge in [0.2, 0.25) is 0 Å². The van der Waals surface area contributed by atoms with E-state index in [9.17, 15) is 12.8 Å². The van der Waals surface area contributed by atoms with Gasteiger partial charge >= 0.3 is 0 Å². The number of nitrogens with one attached hydrogen (secondary N) is 1. The number of benzene rings is 2. The number of nitrogens with zero attached hydrogens (tertiary/aromatic N) is 2. The summed E-state index contributed by atoms with van der Waals surface area (Å²) in [6.07, 6.45) is 0.921. The molecule has 1 saturated heterocycles. The maximum atomic E-state index is 13.2. The van der Waals surface area contributed by atoms with Crippen LogP contribution < -0.4 is 4.72 Å². The highest BCUT2D eigenvalue weighted by atomic mass is 35.5. The molecular weight excluding hydrogens is 389 g/mol. The lowest BCUT2D eigenvalue weighted by atomic mass is 10.1. The molecule has 3 rings (SSSR count). The minimum absolute atomic E-state index is 0.0759. The number of piperazine rings is 1. The first-order chi connectivity index (χ1) is 12.8. The van der Waals surface area contributed by atoms with Crippen LogP contribution in [-0.2, 0) is 16.4 Å². The lowest BCUT2D eigenvalue weighted by Crippen LogP contribution is -2.45. The molecule has 0 unspecified atom stereocenters. The Balaban J connectivity index is 1.59. The summed E-state index contributed by atoms with van der Waals surface area (Å²) in [6.45, 7) is 5.33. The van der Waals surface area contributed by atoms with Crippen LogP contribution in [0, 0.1) is 5.82 Å². The van der Waals surface area contributed by atoms with E-state index in [1.165, 1.54) is 6.07 Å². The van der Waals surface area contributed by atoms with Gasteiger partial charge in [0.15, 0.2) is 0 Å². The maximum Gasteiger partial charge on any atom is 0.261 e. The largest absolute Gasteiger partial charge is 0.304 e. The van der Waals surface area contributed by atoms with Crippen molar-refractivity contribution in [2.24, 2.45) is 0 Å². The van der Waals surface area contributed by atoms with Crippen LogP contribution in [0.3, 0.4) is 0 Å². The van der Waals surface area contributed by atoms with Crippen molar-refractivity contribution in [1.82, 2.24) is 9.80 Å². The van der Waals surface area contributed by atoms with E-state index in [4.69, 9.17) is 11.6 Å². The fourth-order valence-electron chi connectivity index (χ4n) is 2.96. The molecule has 146 valence electrons. The lowest BCUT2D eigenvalue weighted by molar-refractivity contribution is 0.155. The molecule has 1 aliphatic rings. The lowest BCUT2D eigenvalue weighted by Gasteiger charge is -2.32. The average Bonchev–Trinajstić information content (AvgIpc) is 2.64. The van der Waals surface area contributed by atoms with Crippen molar-refractivity contribution >= 4 is 27.3 Å². The Bertz CT molecular complexity index is 882. The number of likely N-dealkylation sites (N-methyl/N-ethyl adjacent to an activating group) is 1. The zero-order valence-electron chi connectivity index (χ0n) is 15.2. The molecule has 0 bridgehead atoms. The van der Waals surface area contributed by atoms with E-state index in [0.717, 1.165) is 56.8 Å². The first kappa shape index (κ1) is 20.1. The van der Waals surface area contributed by atoms with E-state index < -0.39 is 15.8 Å². The quantitative estimate of drug-likeness (QED) is 0.793. The number of sulfonamides is 1. The van der Waals surface area contributed by atoms with Gasteiger partial charge in [0.05, 0.1) is 9.92 Å². The zero-order chi connectivity index (χ0) is 19.4. The third-order valence-corrected chi connectivity index (χ3v) is 6.39. The molecule has 1 heterocycles. The SMILES string of the molecule is CN1CCN(CCc2ccc(NS(=O)(=O)c3ccc(F)c(Cl)c3)cc2)CC1. The van der Waals surface area contributed by atoms with Gasteiger partial charge in [0, 0.05) is 38.4 Å². The summed E-state index contributed by atoms with van der Waals surface area (Å²) in [5.74, 6) is -0.652. The van der Waals surface area contributed by atoms with Crippen LogP contribution in [0.4, 0.5) is 10.1 Å². The normalized spacial score (nSPS) is 16.4. The van der Waals surface area contributed by atoms with E-state index in [-0.39, 0.29) is 9.92 Å². The van der Waals surface area contributed by atoms with Crippen LogP contribution >= 0.6 is 11.6 Å². The Kier molecular flexibility index (Phi) is 6.37. The second-order valence-electron chi connectivity index (χ2n) is 6.77. The Morgan fingerprint density at radius 1 is 1.07 bits per heavy atom. The molecule has 0 spiro atoms. The summed E-state index contributed by atoms with van der Waals surface area (Å²) in [5, 5.41) is -0.225.